The van der Waals surface area contributed by atoms with Crippen molar-refractivity contribution in [2.75, 3.05) is 79.8 Å². The fraction of sp³-hybridized carbons (Fsp3) is 0.479. The van der Waals surface area contributed by atoms with Gasteiger partial charge in [-0.15, -0.1) is 0 Å². The topological polar surface area (TPSA) is 293 Å². The van der Waals surface area contributed by atoms with E-state index in [0.29, 0.717) is 23.7 Å². The number of likely N-dealkylation sites (N-methyl/N-ethyl adjacent to an activating group) is 1. The number of carbonyl (C=O) groups is 8. The predicted octanol–water partition coefficient (Wildman–Crippen LogP) is 8.08. The quantitative estimate of drug-likeness (QED) is 0.0134. The van der Waals surface area contributed by atoms with Gasteiger partial charge in [-0.25, -0.2) is 24.4 Å². The van der Waals surface area contributed by atoms with E-state index in [1.165, 1.54) is 35.9 Å². The molecule has 5 N–H and O–H groups in total. The number of halogens is 1. The minimum absolute atomic E-state index is 0.0282. The molecule has 0 radical (unpaired) electrons. The lowest BCUT2D eigenvalue weighted by Crippen LogP contribution is -2.63. The van der Waals surface area contributed by atoms with Crippen molar-refractivity contribution in [3.05, 3.63) is 148 Å². The van der Waals surface area contributed by atoms with Gasteiger partial charge < -0.3 is 63.7 Å². The lowest BCUT2D eigenvalue weighted by Gasteiger charge is -2.42. The number of carbonyl (C=O) groups excluding carboxylic acids is 8. The molecule has 4 aromatic carbocycles. The number of esters is 1. The van der Waals surface area contributed by atoms with Crippen LogP contribution in [0.25, 0.3) is 22.0 Å². The summed E-state index contributed by atoms with van der Waals surface area (Å²) in [5, 5.41) is 21.6. The molecule has 4 bridgehead atoms. The lowest BCUT2D eigenvalue weighted by molar-refractivity contribution is -0.162. The standard InChI is InChI=1S/C73H91ClN8O16/c1-44-18-17-25-61(92-10)73(91)41-60(96-70(89)77-73)46(3)67-72(5,98-67)62(40-65(86)80(8)59-36-48(34-44)35-45(2)66(59)74)97-69(88)47(4)79(7)64(85)27-30-93-32-33-94-31-28-76-68(87)50(39-63(75)84)38-52(83)26-29-82-51(37-49-19-11-16-24-58(49)82)42-78(6)81(9)71(90)95-43-57-55-22-14-12-20-53(55)54-21-13-15-23-56(54)57/h11-25,35-37,46-47,50,57,60-62,67,91H,26-34,38-43H2,1-10H3,(H2,75,84)(H,76,87)(H,77,89)/b25-17+,44-18+/t46-,47+,50+,60+,61-,62+,67?,72+,73-/m1/s1. The highest BCUT2D eigenvalue weighted by molar-refractivity contribution is 6.34. The van der Waals surface area contributed by atoms with Gasteiger partial charge in [0.1, 0.15) is 42.3 Å². The number of Topliss-reactive ketones (excluding diaryl/α,β-unsaturated/α-hetero) is 1. The van der Waals surface area contributed by atoms with E-state index in [4.69, 9.17) is 50.5 Å². The van der Waals surface area contributed by atoms with Gasteiger partial charge in [-0.2, -0.15) is 0 Å². The Hall–Kier alpha value is -8.49. The maximum atomic E-state index is 14.4. The molecule has 3 aliphatic heterocycles. The number of hydrazine groups is 1. The molecule has 9 rings (SSSR count). The van der Waals surface area contributed by atoms with E-state index < -0.39 is 95.4 Å². The number of nitrogens with zero attached hydrogens (tertiary/aromatic N) is 5. The number of ether oxygens (including phenoxy) is 7. The zero-order valence-electron chi connectivity index (χ0n) is 57.4. The van der Waals surface area contributed by atoms with E-state index in [1.807, 2.05) is 91.2 Å². The number of amides is 6. The van der Waals surface area contributed by atoms with Crippen LogP contribution in [0.4, 0.5) is 15.3 Å². The largest absolute Gasteiger partial charge is 0.457 e. The Labute approximate surface area is 576 Å². The van der Waals surface area contributed by atoms with Gasteiger partial charge in [-0.05, 0) is 91.1 Å². The second-order valence-corrected chi connectivity index (χ2v) is 26.5. The smallest absolute Gasteiger partial charge is 0.424 e. The Balaban J connectivity index is 0.717. The van der Waals surface area contributed by atoms with E-state index in [0.717, 1.165) is 55.6 Å². The van der Waals surface area contributed by atoms with Crippen LogP contribution in [0.15, 0.2) is 115 Å². The molecule has 98 heavy (non-hydrogen) atoms. The molecule has 1 aliphatic carbocycles. The Morgan fingerprint density at radius 1 is 0.898 bits per heavy atom. The zero-order valence-corrected chi connectivity index (χ0v) is 58.1. The van der Waals surface area contributed by atoms with Crippen molar-refractivity contribution in [3.63, 3.8) is 0 Å². The molecule has 1 aromatic heterocycles. The molecule has 4 heterocycles. The maximum absolute atomic E-state index is 14.4. The fourth-order valence-corrected chi connectivity index (χ4v) is 13.5. The van der Waals surface area contributed by atoms with Crippen LogP contribution in [-0.4, -0.2) is 189 Å². The van der Waals surface area contributed by atoms with Gasteiger partial charge in [-0.3, -0.25) is 29.3 Å². The third kappa shape index (κ3) is 17.5. The van der Waals surface area contributed by atoms with E-state index in [9.17, 15) is 43.5 Å². The van der Waals surface area contributed by atoms with Crippen LogP contribution in [0.5, 0.6) is 0 Å². The third-order valence-electron chi connectivity index (χ3n) is 19.2. The van der Waals surface area contributed by atoms with Crippen molar-refractivity contribution >= 4 is 75.8 Å². The summed E-state index contributed by atoms with van der Waals surface area (Å²) in [6.45, 7) is 9.74. The maximum Gasteiger partial charge on any atom is 0.424 e. The highest BCUT2D eigenvalue weighted by Crippen LogP contribution is 2.50. The minimum atomic E-state index is -1.88. The number of epoxide rings is 1. The van der Waals surface area contributed by atoms with Crippen molar-refractivity contribution in [1.82, 2.24) is 30.1 Å². The number of aryl methyl sites for hydroxylation is 2. The molecule has 4 aliphatic rings. The number of hydrogen-bond acceptors (Lipinski definition) is 17. The molecule has 1 unspecified atom stereocenters. The molecule has 2 fully saturated rings. The number of fused-ring (bicyclic) bond motifs is 9. The first-order valence-corrected chi connectivity index (χ1v) is 33.5. The second-order valence-electron chi connectivity index (χ2n) is 26.1. The van der Waals surface area contributed by atoms with Crippen molar-refractivity contribution in [1.29, 1.82) is 0 Å². The summed E-state index contributed by atoms with van der Waals surface area (Å²) in [7, 11) is 7.89. The molecule has 24 nitrogen and oxygen atoms in total. The number of hydrogen-bond donors (Lipinski definition) is 4. The van der Waals surface area contributed by atoms with Crippen LogP contribution in [0.1, 0.15) is 100 Å². The normalized spacial score (nSPS) is 23.0. The number of nitrogens with one attached hydrogen (secondary N) is 2. The van der Waals surface area contributed by atoms with Gasteiger partial charge in [0.05, 0.1) is 68.5 Å². The second kappa shape index (κ2) is 32.5. The van der Waals surface area contributed by atoms with E-state index in [2.05, 4.69) is 34.9 Å². The number of alkyl carbamates (subject to hydrolysis) is 1. The Morgan fingerprint density at radius 2 is 1.57 bits per heavy atom. The van der Waals surface area contributed by atoms with Crippen LogP contribution in [0, 0.1) is 18.8 Å². The van der Waals surface area contributed by atoms with E-state index in [1.54, 1.807) is 52.2 Å². The molecule has 526 valence electrons. The number of ketones is 1. The van der Waals surface area contributed by atoms with Gasteiger partial charge in [0.25, 0.3) is 0 Å². The minimum Gasteiger partial charge on any atom is -0.457 e. The van der Waals surface area contributed by atoms with Crippen molar-refractivity contribution in [2.45, 2.75) is 140 Å². The zero-order chi connectivity index (χ0) is 70.8. The number of aromatic nitrogens is 1. The number of nitrogens with two attached hydrogens (primary N) is 1. The van der Waals surface area contributed by atoms with Gasteiger partial charge >= 0.3 is 18.2 Å². The highest BCUT2D eigenvalue weighted by atomic mass is 35.5. The van der Waals surface area contributed by atoms with Crippen LogP contribution < -0.4 is 21.3 Å². The lowest BCUT2D eigenvalue weighted by atomic mass is 9.83. The van der Waals surface area contributed by atoms with Crippen LogP contribution in [-0.2, 0) is 81.4 Å². The summed E-state index contributed by atoms with van der Waals surface area (Å²) in [4.78, 5) is 111. The monoisotopic (exact) mass is 1370 g/mol. The molecular formula is C73H91ClN8O16. The van der Waals surface area contributed by atoms with Crippen molar-refractivity contribution in [2.24, 2.45) is 17.6 Å². The van der Waals surface area contributed by atoms with Gasteiger partial charge in [0.2, 0.25) is 23.6 Å². The average molecular weight is 1370 g/mol. The summed E-state index contributed by atoms with van der Waals surface area (Å²) in [6.07, 6.45) is -0.563. The number of para-hydroxylation sites is 1. The molecule has 9 atom stereocenters. The van der Waals surface area contributed by atoms with Gasteiger partial charge in [-0.1, -0.05) is 115 Å². The number of benzene rings is 4. The Bertz CT molecular complexity index is 3790. The number of allylic oxidation sites excluding steroid dienone is 3. The average Bonchev–Trinajstić information content (AvgIpc) is 1.57. The number of methoxy groups -OCH3 is 1. The third-order valence-corrected chi connectivity index (χ3v) is 19.7. The van der Waals surface area contributed by atoms with Crippen molar-refractivity contribution < 1.29 is 76.6 Å². The molecular weight excluding hydrogens is 1280 g/mol. The number of anilines is 1. The van der Waals surface area contributed by atoms with Crippen LogP contribution in [0.3, 0.4) is 0 Å². The van der Waals surface area contributed by atoms with Gasteiger partial charge in [0.15, 0.2) is 5.72 Å². The molecule has 0 spiro atoms. The summed E-state index contributed by atoms with van der Waals surface area (Å²) in [5.74, 6) is -4.93. The summed E-state index contributed by atoms with van der Waals surface area (Å²) >= 11 is 6.85. The summed E-state index contributed by atoms with van der Waals surface area (Å²) < 4.78 is 43.2. The first-order chi connectivity index (χ1) is 46.7. The predicted molar refractivity (Wildman–Crippen MR) is 366 cm³/mol. The van der Waals surface area contributed by atoms with Gasteiger partial charge in [0, 0.05) is 97.1 Å². The Kier molecular flexibility index (Phi) is 24.4. The fourth-order valence-electron chi connectivity index (χ4n) is 13.2. The van der Waals surface area contributed by atoms with E-state index in [-0.39, 0.29) is 96.4 Å². The SMILES string of the molecule is CO[C@@H]1/C=C/C=C(\C)Cc2cc(C)c(Cl)c(c2)N(C)C(=O)C[C@H](OC(=O)[C@H](C)N(C)C(=O)CCOCCOCCNC(=O)[C@H](CC(N)=O)CC(=O)CCn2c(CN(C)N(C)C(=O)OCC3c4ccccc4-c4ccccc43)cc3ccccc32)[C@]2(C)OC2[C@H](C)[C@@H]2C[C@]1(O)NC(=O)O2. The van der Waals surface area contributed by atoms with E-state index >= 15 is 0 Å². The first kappa shape index (κ1) is 73.7. The highest BCUT2D eigenvalue weighted by Gasteiger charge is 2.64. The molecule has 2 saturated heterocycles. The van der Waals surface area contributed by atoms with Crippen molar-refractivity contribution in [3.8, 4) is 11.1 Å². The van der Waals surface area contributed by atoms with Crippen LogP contribution >= 0.6 is 11.6 Å². The molecule has 25 heteroatoms. The van der Waals surface area contributed by atoms with Crippen LogP contribution in [0.2, 0.25) is 5.02 Å². The summed E-state index contributed by atoms with van der Waals surface area (Å²) in [5.41, 5.74) is 11.6. The summed E-state index contributed by atoms with van der Waals surface area (Å²) in [6, 6.07) is 28.7. The number of aliphatic hydroxyl groups is 1. The molecule has 5 aromatic rings. The first-order valence-electron chi connectivity index (χ1n) is 33.1. The Morgan fingerprint density at radius 3 is 2.27 bits per heavy atom. The molecule has 0 saturated carbocycles. The number of primary amides is 1. The number of rotatable bonds is 26. The molecule has 6 amide bonds.